The number of rotatable bonds is 1. The molecule has 46 valence electrons. The Labute approximate surface area is 52.5 Å². The normalized spacial score (nSPS) is 8.89. The van der Waals surface area contributed by atoms with Gasteiger partial charge in [0.05, 0.1) is 0 Å². The van der Waals surface area contributed by atoms with Gasteiger partial charge in [-0.2, -0.15) is 4.98 Å². The van der Waals surface area contributed by atoms with Gasteiger partial charge in [0.2, 0.25) is 5.95 Å². The molecule has 0 fully saturated rings. The lowest BCUT2D eigenvalue weighted by Gasteiger charge is -1.89. The van der Waals surface area contributed by atoms with E-state index < -0.39 is 0 Å². The number of hydrogen-bond donors (Lipinski definition) is 1. The Kier molecular flexibility index (Phi) is 1.40. The molecule has 0 bridgehead atoms. The Bertz CT molecular complexity index is 220. The summed E-state index contributed by atoms with van der Waals surface area (Å²) in [6.07, 6.45) is 2.86. The molecule has 1 rings (SSSR count). The summed E-state index contributed by atoms with van der Waals surface area (Å²) in [5, 5.41) is 0. The largest absolute Gasteiger partial charge is 0.368 e. The molecule has 0 spiro atoms. The van der Waals surface area contributed by atoms with Crippen molar-refractivity contribution < 1.29 is 0 Å². The molecule has 0 amide bonds. The standard InChI is InChI=1S/C5H6N4/c1-2-4-7-3-8-5(6)9-4/h2-3H,1H2,(H2,6,7,8,9). The maximum Gasteiger partial charge on any atom is 0.223 e. The Balaban J connectivity index is 3.07. The Morgan fingerprint density at radius 3 is 2.78 bits per heavy atom. The highest BCUT2D eigenvalue weighted by molar-refractivity contribution is 5.36. The van der Waals surface area contributed by atoms with Gasteiger partial charge in [0, 0.05) is 0 Å². The second-order valence-corrected chi connectivity index (χ2v) is 1.41. The summed E-state index contributed by atoms with van der Waals surface area (Å²) in [6.45, 7) is 3.46. The summed E-state index contributed by atoms with van der Waals surface area (Å²) in [7, 11) is 0. The lowest BCUT2D eigenvalue weighted by atomic mass is 10.6. The highest BCUT2D eigenvalue weighted by Gasteiger charge is 1.88. The van der Waals surface area contributed by atoms with Crippen molar-refractivity contribution in [1.82, 2.24) is 15.0 Å². The highest BCUT2D eigenvalue weighted by atomic mass is 15.1. The van der Waals surface area contributed by atoms with Crippen molar-refractivity contribution in [1.29, 1.82) is 0 Å². The van der Waals surface area contributed by atoms with E-state index in [1.807, 2.05) is 0 Å². The van der Waals surface area contributed by atoms with Gasteiger partial charge in [-0.1, -0.05) is 6.58 Å². The molecule has 1 aromatic rings. The van der Waals surface area contributed by atoms with E-state index in [0.29, 0.717) is 5.82 Å². The minimum atomic E-state index is 0.222. The maximum absolute atomic E-state index is 5.22. The van der Waals surface area contributed by atoms with Crippen LogP contribution in [0.3, 0.4) is 0 Å². The first kappa shape index (κ1) is 5.68. The van der Waals surface area contributed by atoms with Crippen LogP contribution in [-0.2, 0) is 0 Å². The molecule has 0 atom stereocenters. The van der Waals surface area contributed by atoms with Gasteiger partial charge in [-0.3, -0.25) is 0 Å². The number of nitrogens with zero attached hydrogens (tertiary/aromatic N) is 3. The first-order valence-corrected chi connectivity index (χ1v) is 2.40. The van der Waals surface area contributed by atoms with Crippen LogP contribution in [0.15, 0.2) is 12.9 Å². The van der Waals surface area contributed by atoms with Crippen LogP contribution in [0, 0.1) is 0 Å². The van der Waals surface area contributed by atoms with Gasteiger partial charge in [0.15, 0.2) is 5.82 Å². The van der Waals surface area contributed by atoms with Crippen LogP contribution >= 0.6 is 0 Å². The molecule has 0 aromatic carbocycles. The van der Waals surface area contributed by atoms with Crippen molar-refractivity contribution in [2.75, 3.05) is 5.73 Å². The summed E-state index contributed by atoms with van der Waals surface area (Å²) < 4.78 is 0. The smallest absolute Gasteiger partial charge is 0.223 e. The molecule has 2 N–H and O–H groups in total. The topological polar surface area (TPSA) is 64.7 Å². The quantitative estimate of drug-likeness (QED) is 0.573. The van der Waals surface area contributed by atoms with Crippen LogP contribution in [0.5, 0.6) is 0 Å². The molecule has 0 aliphatic heterocycles. The van der Waals surface area contributed by atoms with Crippen LogP contribution in [0.4, 0.5) is 5.95 Å². The third-order valence-corrected chi connectivity index (χ3v) is 0.792. The average molecular weight is 122 g/mol. The predicted octanol–water partition coefficient (Wildman–Crippen LogP) is 0.0968. The molecular formula is C5H6N4. The number of anilines is 1. The predicted molar refractivity (Wildman–Crippen MR) is 34.3 cm³/mol. The lowest BCUT2D eigenvalue weighted by Crippen LogP contribution is -1.96. The lowest BCUT2D eigenvalue weighted by molar-refractivity contribution is 1.04. The molecule has 1 aromatic heterocycles. The Hall–Kier alpha value is -1.45. The minimum absolute atomic E-state index is 0.222. The molecule has 4 heteroatoms. The fourth-order valence-electron chi connectivity index (χ4n) is 0.421. The van der Waals surface area contributed by atoms with E-state index >= 15 is 0 Å². The fourth-order valence-corrected chi connectivity index (χ4v) is 0.421. The van der Waals surface area contributed by atoms with Gasteiger partial charge in [0.1, 0.15) is 6.33 Å². The number of hydrogen-bond acceptors (Lipinski definition) is 4. The Morgan fingerprint density at radius 1 is 1.56 bits per heavy atom. The van der Waals surface area contributed by atoms with E-state index in [1.165, 1.54) is 12.4 Å². The zero-order valence-corrected chi connectivity index (χ0v) is 4.78. The number of nitrogens with two attached hydrogens (primary N) is 1. The third kappa shape index (κ3) is 1.22. The van der Waals surface area contributed by atoms with Crippen molar-refractivity contribution in [3.63, 3.8) is 0 Å². The van der Waals surface area contributed by atoms with Crippen molar-refractivity contribution in [3.05, 3.63) is 18.7 Å². The molecule has 9 heavy (non-hydrogen) atoms. The second kappa shape index (κ2) is 2.21. The van der Waals surface area contributed by atoms with E-state index in [4.69, 9.17) is 5.73 Å². The zero-order chi connectivity index (χ0) is 6.69. The fraction of sp³-hybridized carbons (Fsp3) is 0. The average Bonchev–Trinajstić information content (AvgIpc) is 1.88. The molecule has 0 aliphatic carbocycles. The summed E-state index contributed by atoms with van der Waals surface area (Å²) >= 11 is 0. The minimum Gasteiger partial charge on any atom is -0.368 e. The highest BCUT2D eigenvalue weighted by Crippen LogP contribution is 1.90. The molecule has 0 saturated heterocycles. The van der Waals surface area contributed by atoms with Gasteiger partial charge >= 0.3 is 0 Å². The van der Waals surface area contributed by atoms with Crippen molar-refractivity contribution in [2.45, 2.75) is 0 Å². The van der Waals surface area contributed by atoms with E-state index in [9.17, 15) is 0 Å². The van der Waals surface area contributed by atoms with Crippen molar-refractivity contribution in [3.8, 4) is 0 Å². The zero-order valence-electron chi connectivity index (χ0n) is 4.78. The SMILES string of the molecule is C=Cc1ncnc(N)n1. The molecule has 0 aliphatic rings. The summed E-state index contributed by atoms with van der Waals surface area (Å²) in [6, 6.07) is 0. The van der Waals surface area contributed by atoms with Crippen LogP contribution in [-0.4, -0.2) is 15.0 Å². The van der Waals surface area contributed by atoms with Crippen LogP contribution in [0.2, 0.25) is 0 Å². The van der Waals surface area contributed by atoms with Gasteiger partial charge in [-0.25, -0.2) is 9.97 Å². The Morgan fingerprint density at radius 2 is 2.33 bits per heavy atom. The maximum atomic E-state index is 5.22. The summed E-state index contributed by atoms with van der Waals surface area (Å²) in [5.41, 5.74) is 5.22. The molecule has 0 radical (unpaired) electrons. The molecule has 0 saturated carbocycles. The number of nitrogen functional groups attached to an aromatic ring is 1. The van der Waals surface area contributed by atoms with Crippen LogP contribution < -0.4 is 5.73 Å². The number of aromatic nitrogens is 3. The van der Waals surface area contributed by atoms with Gasteiger partial charge in [-0.05, 0) is 6.08 Å². The molecule has 0 unspecified atom stereocenters. The van der Waals surface area contributed by atoms with Crippen LogP contribution in [0.25, 0.3) is 6.08 Å². The van der Waals surface area contributed by atoms with E-state index in [0.717, 1.165) is 0 Å². The van der Waals surface area contributed by atoms with E-state index in [-0.39, 0.29) is 5.95 Å². The van der Waals surface area contributed by atoms with Gasteiger partial charge in [0.25, 0.3) is 0 Å². The second-order valence-electron chi connectivity index (χ2n) is 1.41. The monoisotopic (exact) mass is 122 g/mol. The van der Waals surface area contributed by atoms with E-state index in [1.54, 1.807) is 0 Å². The summed E-state index contributed by atoms with van der Waals surface area (Å²) in [5.74, 6) is 0.724. The first-order chi connectivity index (χ1) is 4.33. The molecule has 1 heterocycles. The van der Waals surface area contributed by atoms with Gasteiger partial charge in [-0.15, -0.1) is 0 Å². The van der Waals surface area contributed by atoms with Crippen molar-refractivity contribution >= 4 is 12.0 Å². The first-order valence-electron chi connectivity index (χ1n) is 2.40. The third-order valence-electron chi connectivity index (χ3n) is 0.792. The van der Waals surface area contributed by atoms with Crippen molar-refractivity contribution in [2.24, 2.45) is 0 Å². The van der Waals surface area contributed by atoms with E-state index in [2.05, 4.69) is 21.5 Å². The summed E-state index contributed by atoms with van der Waals surface area (Å²) in [4.78, 5) is 11.1. The molecule has 4 nitrogen and oxygen atoms in total. The van der Waals surface area contributed by atoms with Gasteiger partial charge < -0.3 is 5.73 Å². The van der Waals surface area contributed by atoms with Crippen LogP contribution in [0.1, 0.15) is 5.82 Å². The molecular weight excluding hydrogens is 116 g/mol.